The number of likely N-dealkylation sites (tertiary alicyclic amines) is 1. The summed E-state index contributed by atoms with van der Waals surface area (Å²) in [4.78, 5) is 23.2. The van der Waals surface area contributed by atoms with Crippen LogP contribution >= 0.6 is 0 Å². The lowest BCUT2D eigenvalue weighted by Gasteiger charge is -2.34. The number of carbonyl (C=O) groups is 1. The molecule has 0 radical (unpaired) electrons. The van der Waals surface area contributed by atoms with Gasteiger partial charge < -0.3 is 10.6 Å². The summed E-state index contributed by atoms with van der Waals surface area (Å²) in [5.74, 6) is 1.73. The quantitative estimate of drug-likeness (QED) is 0.907. The van der Waals surface area contributed by atoms with Gasteiger partial charge in [0.25, 0.3) is 5.91 Å². The molecule has 108 valence electrons. The van der Waals surface area contributed by atoms with Crippen LogP contribution in [-0.4, -0.2) is 39.9 Å². The normalized spacial score (nSPS) is 24.5. The zero-order chi connectivity index (χ0) is 14.1. The van der Waals surface area contributed by atoms with Gasteiger partial charge in [-0.25, -0.2) is 9.97 Å². The van der Waals surface area contributed by atoms with E-state index < -0.39 is 0 Å². The van der Waals surface area contributed by atoms with Crippen molar-refractivity contribution in [3.63, 3.8) is 0 Å². The van der Waals surface area contributed by atoms with E-state index in [0.29, 0.717) is 17.5 Å². The third kappa shape index (κ3) is 2.82. The van der Waals surface area contributed by atoms with Gasteiger partial charge in [-0.2, -0.15) is 0 Å². The van der Waals surface area contributed by atoms with Crippen LogP contribution in [0.15, 0.2) is 12.3 Å². The Kier molecular flexibility index (Phi) is 3.70. The summed E-state index contributed by atoms with van der Waals surface area (Å²) in [7, 11) is 0. The van der Waals surface area contributed by atoms with Crippen molar-refractivity contribution in [3.05, 3.63) is 23.8 Å². The fraction of sp³-hybridized carbons (Fsp3) is 0.667. The van der Waals surface area contributed by atoms with Gasteiger partial charge in [0.1, 0.15) is 11.5 Å². The Labute approximate surface area is 119 Å². The highest BCUT2D eigenvalue weighted by molar-refractivity contribution is 5.92. The van der Waals surface area contributed by atoms with Crippen LogP contribution in [-0.2, 0) is 0 Å². The molecule has 3 rings (SSSR count). The number of piperidine rings is 1. The second kappa shape index (κ2) is 5.48. The molecule has 5 nitrogen and oxygen atoms in total. The summed E-state index contributed by atoms with van der Waals surface area (Å²) in [5, 5.41) is 0. The summed E-state index contributed by atoms with van der Waals surface area (Å²) in [6.07, 6.45) is 6.14. The highest BCUT2D eigenvalue weighted by atomic mass is 16.2. The molecular formula is C15H22N4O. The molecule has 0 aromatic carbocycles. The number of hydrogen-bond donors (Lipinski definition) is 1. The van der Waals surface area contributed by atoms with Crippen LogP contribution < -0.4 is 5.73 Å². The van der Waals surface area contributed by atoms with Gasteiger partial charge in [-0.1, -0.05) is 0 Å². The Balaban J connectivity index is 1.72. The minimum atomic E-state index is 0.0275. The van der Waals surface area contributed by atoms with Crippen molar-refractivity contribution in [2.45, 2.75) is 44.6 Å². The van der Waals surface area contributed by atoms with E-state index in [0.717, 1.165) is 44.6 Å². The third-order valence-electron chi connectivity index (χ3n) is 4.32. The van der Waals surface area contributed by atoms with Crippen LogP contribution in [0.3, 0.4) is 0 Å². The Bertz CT molecular complexity index is 498. The number of rotatable bonds is 3. The highest BCUT2D eigenvalue weighted by Crippen LogP contribution is 2.37. The van der Waals surface area contributed by atoms with Crippen LogP contribution in [0.1, 0.15) is 54.8 Å². The molecule has 0 bridgehead atoms. The van der Waals surface area contributed by atoms with E-state index >= 15 is 0 Å². The first-order chi connectivity index (χ1) is 9.65. The van der Waals surface area contributed by atoms with Gasteiger partial charge in [0, 0.05) is 31.2 Å². The molecule has 2 heterocycles. The summed E-state index contributed by atoms with van der Waals surface area (Å²) in [6.45, 7) is 3.58. The smallest absolute Gasteiger partial charge is 0.272 e. The Morgan fingerprint density at radius 3 is 2.95 bits per heavy atom. The molecule has 2 atom stereocenters. The number of aromatic nitrogens is 2. The predicted molar refractivity (Wildman–Crippen MR) is 76.3 cm³/mol. The molecule has 0 spiro atoms. The van der Waals surface area contributed by atoms with Crippen molar-refractivity contribution in [2.75, 3.05) is 13.1 Å². The molecule has 0 unspecified atom stereocenters. The van der Waals surface area contributed by atoms with E-state index in [-0.39, 0.29) is 11.9 Å². The monoisotopic (exact) mass is 274 g/mol. The Morgan fingerprint density at radius 1 is 1.45 bits per heavy atom. The standard InChI is InChI=1S/C15H22N4O/c1-10(16)12-3-2-8-19(9-12)15(20)13-6-7-17-14(18-13)11-4-5-11/h6-7,10-12H,2-5,8-9,16H2,1H3/t10-,12-/m0/s1. The molecule has 1 aromatic heterocycles. The number of nitrogens with two attached hydrogens (primary N) is 1. The van der Waals surface area contributed by atoms with Gasteiger partial charge in [0.05, 0.1) is 0 Å². The van der Waals surface area contributed by atoms with Crippen molar-refractivity contribution in [1.82, 2.24) is 14.9 Å². The van der Waals surface area contributed by atoms with Gasteiger partial charge >= 0.3 is 0 Å². The second-order valence-electron chi connectivity index (χ2n) is 6.09. The van der Waals surface area contributed by atoms with Gasteiger partial charge in [-0.05, 0) is 44.6 Å². The molecule has 2 N–H and O–H groups in total. The van der Waals surface area contributed by atoms with Gasteiger partial charge in [-0.3, -0.25) is 4.79 Å². The minimum absolute atomic E-state index is 0.0275. The molecule has 20 heavy (non-hydrogen) atoms. The van der Waals surface area contributed by atoms with Crippen molar-refractivity contribution in [1.29, 1.82) is 0 Å². The van der Waals surface area contributed by atoms with Gasteiger partial charge in [0.15, 0.2) is 0 Å². The summed E-state index contributed by atoms with van der Waals surface area (Å²) < 4.78 is 0. The average molecular weight is 274 g/mol. The summed E-state index contributed by atoms with van der Waals surface area (Å²) >= 11 is 0. The first-order valence-electron chi connectivity index (χ1n) is 7.53. The molecular weight excluding hydrogens is 252 g/mol. The zero-order valence-corrected chi connectivity index (χ0v) is 12.0. The van der Waals surface area contributed by atoms with E-state index in [4.69, 9.17) is 5.73 Å². The second-order valence-corrected chi connectivity index (χ2v) is 6.09. The Hall–Kier alpha value is -1.49. The van der Waals surface area contributed by atoms with E-state index in [9.17, 15) is 4.79 Å². The van der Waals surface area contributed by atoms with E-state index in [1.807, 2.05) is 11.8 Å². The summed E-state index contributed by atoms with van der Waals surface area (Å²) in [6, 6.07) is 1.86. The van der Waals surface area contributed by atoms with Crippen LogP contribution in [0.2, 0.25) is 0 Å². The minimum Gasteiger partial charge on any atom is -0.337 e. The number of carbonyl (C=O) groups excluding carboxylic acids is 1. The first-order valence-corrected chi connectivity index (χ1v) is 7.53. The van der Waals surface area contributed by atoms with Crippen LogP contribution in [0.4, 0.5) is 0 Å². The molecule has 1 saturated carbocycles. The number of nitrogens with zero attached hydrogens (tertiary/aromatic N) is 3. The fourth-order valence-electron chi connectivity index (χ4n) is 2.82. The van der Waals surface area contributed by atoms with E-state index in [2.05, 4.69) is 9.97 Å². The molecule has 1 aliphatic heterocycles. The van der Waals surface area contributed by atoms with E-state index in [1.54, 1.807) is 12.3 Å². The fourth-order valence-corrected chi connectivity index (χ4v) is 2.82. The summed E-state index contributed by atoms with van der Waals surface area (Å²) in [5.41, 5.74) is 6.51. The maximum atomic E-state index is 12.6. The van der Waals surface area contributed by atoms with Crippen LogP contribution in [0.5, 0.6) is 0 Å². The average Bonchev–Trinajstić information content (AvgIpc) is 3.31. The van der Waals surface area contributed by atoms with Crippen molar-refractivity contribution in [3.8, 4) is 0 Å². The lowest BCUT2D eigenvalue weighted by atomic mass is 9.92. The largest absolute Gasteiger partial charge is 0.337 e. The van der Waals surface area contributed by atoms with Crippen LogP contribution in [0.25, 0.3) is 0 Å². The molecule has 1 aliphatic carbocycles. The Morgan fingerprint density at radius 2 is 2.25 bits per heavy atom. The molecule has 1 aromatic rings. The molecule has 2 aliphatic rings. The lowest BCUT2D eigenvalue weighted by Crippen LogP contribution is -2.45. The molecule has 5 heteroatoms. The number of amides is 1. The maximum absolute atomic E-state index is 12.6. The zero-order valence-electron chi connectivity index (χ0n) is 12.0. The molecule has 2 fully saturated rings. The SMILES string of the molecule is C[C@H](N)[C@H]1CCCN(C(=O)c2ccnc(C3CC3)n2)C1. The molecule has 1 amide bonds. The number of hydrogen-bond acceptors (Lipinski definition) is 4. The van der Waals surface area contributed by atoms with Crippen molar-refractivity contribution < 1.29 is 4.79 Å². The lowest BCUT2D eigenvalue weighted by molar-refractivity contribution is 0.0654. The predicted octanol–water partition coefficient (Wildman–Crippen LogP) is 1.55. The topological polar surface area (TPSA) is 72.1 Å². The third-order valence-corrected chi connectivity index (χ3v) is 4.32. The maximum Gasteiger partial charge on any atom is 0.272 e. The first kappa shape index (κ1) is 13.5. The van der Waals surface area contributed by atoms with E-state index in [1.165, 1.54) is 0 Å². The van der Waals surface area contributed by atoms with Crippen molar-refractivity contribution in [2.24, 2.45) is 11.7 Å². The van der Waals surface area contributed by atoms with Gasteiger partial charge in [0.2, 0.25) is 0 Å². The highest BCUT2D eigenvalue weighted by Gasteiger charge is 2.30. The van der Waals surface area contributed by atoms with Crippen LogP contribution in [0, 0.1) is 5.92 Å². The van der Waals surface area contributed by atoms with Crippen molar-refractivity contribution >= 4 is 5.91 Å². The molecule has 1 saturated heterocycles. The van der Waals surface area contributed by atoms with Gasteiger partial charge in [-0.15, -0.1) is 0 Å².